The summed E-state index contributed by atoms with van der Waals surface area (Å²) in [5, 5.41) is 5.60. The highest BCUT2D eigenvalue weighted by Crippen LogP contribution is 2.27. The van der Waals surface area contributed by atoms with E-state index in [-0.39, 0.29) is 30.7 Å². The van der Waals surface area contributed by atoms with E-state index in [1.165, 1.54) is 12.3 Å². The van der Waals surface area contributed by atoms with Gasteiger partial charge in [-0.1, -0.05) is 6.92 Å². The SMILES string of the molecule is CCC=O.CCOc1cc(CNC(=O)c2cc(C)nc(NC)c2)cnc1OCC(F)(F)F. The van der Waals surface area contributed by atoms with Crippen molar-refractivity contribution in [3.05, 3.63) is 41.2 Å². The molecule has 2 rings (SSSR count). The number of aromatic nitrogens is 2. The van der Waals surface area contributed by atoms with Gasteiger partial charge in [-0.05, 0) is 37.6 Å². The molecule has 0 saturated heterocycles. The minimum absolute atomic E-state index is 0.0794. The van der Waals surface area contributed by atoms with E-state index >= 15 is 0 Å². The van der Waals surface area contributed by atoms with Crippen LogP contribution >= 0.6 is 0 Å². The number of halogens is 3. The fourth-order valence-electron chi connectivity index (χ4n) is 2.30. The first-order chi connectivity index (χ1) is 15.1. The number of ether oxygens (including phenoxy) is 2. The zero-order chi connectivity index (χ0) is 24.1. The molecule has 0 bridgehead atoms. The molecule has 11 heteroatoms. The van der Waals surface area contributed by atoms with Gasteiger partial charge in [-0.2, -0.15) is 13.2 Å². The molecule has 0 unspecified atom stereocenters. The van der Waals surface area contributed by atoms with Crippen LogP contribution in [-0.4, -0.2) is 48.6 Å². The van der Waals surface area contributed by atoms with Crippen molar-refractivity contribution in [2.75, 3.05) is 25.6 Å². The third-order valence-corrected chi connectivity index (χ3v) is 3.64. The predicted molar refractivity (Wildman–Crippen MR) is 113 cm³/mol. The lowest BCUT2D eigenvalue weighted by Crippen LogP contribution is -2.23. The van der Waals surface area contributed by atoms with Gasteiger partial charge < -0.3 is 24.9 Å². The zero-order valence-electron chi connectivity index (χ0n) is 18.4. The molecule has 0 atom stereocenters. The van der Waals surface area contributed by atoms with Crippen LogP contribution in [-0.2, 0) is 11.3 Å². The Kier molecular flexibility index (Phi) is 10.9. The summed E-state index contributed by atoms with van der Waals surface area (Å²) in [5.41, 5.74) is 1.67. The Morgan fingerprint density at radius 1 is 1.19 bits per heavy atom. The zero-order valence-corrected chi connectivity index (χ0v) is 18.4. The number of carbonyl (C=O) groups is 2. The smallest absolute Gasteiger partial charge is 0.422 e. The maximum Gasteiger partial charge on any atom is 0.422 e. The van der Waals surface area contributed by atoms with E-state index in [0.29, 0.717) is 29.1 Å². The third kappa shape index (κ3) is 9.63. The van der Waals surface area contributed by atoms with Gasteiger partial charge in [0.25, 0.3) is 11.8 Å². The van der Waals surface area contributed by atoms with Crippen LogP contribution in [0.1, 0.15) is 41.9 Å². The number of nitrogens with one attached hydrogen (secondary N) is 2. The van der Waals surface area contributed by atoms with Gasteiger partial charge in [0.2, 0.25) is 0 Å². The average molecular weight is 456 g/mol. The molecule has 0 spiro atoms. The van der Waals surface area contributed by atoms with E-state index < -0.39 is 12.8 Å². The van der Waals surface area contributed by atoms with Crippen LogP contribution in [0.2, 0.25) is 0 Å². The van der Waals surface area contributed by atoms with Crippen molar-refractivity contribution in [1.29, 1.82) is 0 Å². The van der Waals surface area contributed by atoms with Crippen molar-refractivity contribution in [3.63, 3.8) is 0 Å². The van der Waals surface area contributed by atoms with Crippen LogP contribution in [0.3, 0.4) is 0 Å². The molecule has 0 aliphatic carbocycles. The molecule has 2 aromatic heterocycles. The van der Waals surface area contributed by atoms with Crippen molar-refractivity contribution < 1.29 is 32.2 Å². The van der Waals surface area contributed by atoms with Gasteiger partial charge in [0.1, 0.15) is 12.1 Å². The lowest BCUT2D eigenvalue weighted by atomic mass is 10.2. The summed E-state index contributed by atoms with van der Waals surface area (Å²) in [7, 11) is 1.70. The first-order valence-corrected chi connectivity index (χ1v) is 9.83. The van der Waals surface area contributed by atoms with Gasteiger partial charge in [-0.15, -0.1) is 0 Å². The van der Waals surface area contributed by atoms with Crippen LogP contribution < -0.4 is 20.1 Å². The topological polar surface area (TPSA) is 102 Å². The highest BCUT2D eigenvalue weighted by Gasteiger charge is 2.29. The van der Waals surface area contributed by atoms with E-state index in [4.69, 9.17) is 4.74 Å². The Labute approximate surface area is 184 Å². The van der Waals surface area contributed by atoms with Crippen molar-refractivity contribution in [1.82, 2.24) is 15.3 Å². The number of anilines is 1. The molecule has 8 nitrogen and oxygen atoms in total. The molecule has 1 amide bonds. The van der Waals surface area contributed by atoms with Crippen LogP contribution in [0.25, 0.3) is 0 Å². The summed E-state index contributed by atoms with van der Waals surface area (Å²) in [5.74, 6) is 0.0716. The van der Waals surface area contributed by atoms with E-state index in [9.17, 15) is 22.8 Å². The molecule has 176 valence electrons. The van der Waals surface area contributed by atoms with Crippen molar-refractivity contribution in [2.24, 2.45) is 0 Å². The highest BCUT2D eigenvalue weighted by atomic mass is 19.4. The van der Waals surface area contributed by atoms with E-state index in [1.54, 1.807) is 33.0 Å². The molecule has 2 N–H and O–H groups in total. The number of nitrogens with zero attached hydrogens (tertiary/aromatic N) is 2. The molecule has 0 fully saturated rings. The fraction of sp³-hybridized carbons (Fsp3) is 0.429. The maximum atomic E-state index is 12.4. The Bertz CT molecular complexity index is 892. The fourth-order valence-corrected chi connectivity index (χ4v) is 2.30. The number of pyridine rings is 2. The summed E-state index contributed by atoms with van der Waals surface area (Å²) < 4.78 is 47.0. The monoisotopic (exact) mass is 456 g/mol. The number of hydrogen-bond donors (Lipinski definition) is 2. The van der Waals surface area contributed by atoms with E-state index in [0.717, 1.165) is 6.29 Å². The number of carbonyl (C=O) groups excluding carboxylic acids is 2. The minimum atomic E-state index is -4.48. The molecule has 2 aromatic rings. The van der Waals surface area contributed by atoms with Gasteiger partial charge in [0.05, 0.1) is 6.61 Å². The quantitative estimate of drug-likeness (QED) is 0.555. The summed E-state index contributed by atoms with van der Waals surface area (Å²) in [4.78, 5) is 29.6. The number of amides is 1. The molecule has 32 heavy (non-hydrogen) atoms. The highest BCUT2D eigenvalue weighted by molar-refractivity contribution is 5.94. The summed E-state index contributed by atoms with van der Waals surface area (Å²) in [6, 6.07) is 4.74. The minimum Gasteiger partial charge on any atom is -0.488 e. The molecular formula is C21H27F3N4O4. The first kappa shape index (κ1) is 26.7. The summed E-state index contributed by atoms with van der Waals surface area (Å²) in [6.07, 6.45) is -1.64. The molecule has 0 aliphatic rings. The molecule has 2 heterocycles. The average Bonchev–Trinajstić information content (AvgIpc) is 2.76. The molecule has 0 saturated carbocycles. The molecule has 0 aromatic carbocycles. The molecule has 0 radical (unpaired) electrons. The number of hydrogen-bond acceptors (Lipinski definition) is 7. The second-order valence-electron chi connectivity index (χ2n) is 6.37. The van der Waals surface area contributed by atoms with Gasteiger partial charge >= 0.3 is 6.18 Å². The van der Waals surface area contributed by atoms with Gasteiger partial charge in [-0.25, -0.2) is 9.97 Å². The maximum absolute atomic E-state index is 12.4. The lowest BCUT2D eigenvalue weighted by Gasteiger charge is -2.14. The summed E-state index contributed by atoms with van der Waals surface area (Å²) >= 11 is 0. The number of aryl methyl sites for hydroxylation is 1. The van der Waals surface area contributed by atoms with Gasteiger partial charge in [0.15, 0.2) is 12.4 Å². The largest absolute Gasteiger partial charge is 0.488 e. The molecular weight excluding hydrogens is 429 g/mol. The van der Waals surface area contributed by atoms with Crippen LogP contribution in [0.5, 0.6) is 11.6 Å². The molecule has 0 aliphatic heterocycles. The van der Waals surface area contributed by atoms with Crippen molar-refractivity contribution in [2.45, 2.75) is 39.9 Å². The number of alkyl halides is 3. The van der Waals surface area contributed by atoms with E-state index in [1.807, 2.05) is 6.92 Å². The first-order valence-electron chi connectivity index (χ1n) is 9.83. The van der Waals surface area contributed by atoms with Crippen molar-refractivity contribution in [3.8, 4) is 11.6 Å². The van der Waals surface area contributed by atoms with Crippen LogP contribution in [0.4, 0.5) is 19.0 Å². The van der Waals surface area contributed by atoms with Gasteiger partial charge in [0, 0.05) is 37.5 Å². The second kappa shape index (κ2) is 13.1. The Hall–Kier alpha value is -3.37. The number of rotatable bonds is 9. The summed E-state index contributed by atoms with van der Waals surface area (Å²) in [6.45, 7) is 4.14. The van der Waals surface area contributed by atoms with Gasteiger partial charge in [-0.3, -0.25) is 4.79 Å². The Balaban J connectivity index is 0.00000118. The Morgan fingerprint density at radius 2 is 1.88 bits per heavy atom. The predicted octanol–water partition coefficient (Wildman–Crippen LogP) is 3.69. The number of aldehydes is 1. The van der Waals surface area contributed by atoms with Crippen LogP contribution in [0.15, 0.2) is 24.4 Å². The second-order valence-corrected chi connectivity index (χ2v) is 6.37. The van der Waals surface area contributed by atoms with Crippen molar-refractivity contribution >= 4 is 18.0 Å². The normalized spacial score (nSPS) is 10.5. The Morgan fingerprint density at radius 3 is 2.44 bits per heavy atom. The van der Waals surface area contributed by atoms with Crippen LogP contribution in [0, 0.1) is 6.92 Å². The standard InChI is InChI=1S/C18H21F3N4O3.C3H6O/c1-4-27-14-6-12(9-24-17(14)28-10-18(19,20)21)8-23-16(26)13-5-11(2)25-15(7-13)22-3;1-2-3-4/h5-7,9H,4,8,10H2,1-3H3,(H,22,25)(H,23,26);3H,2H2,1H3. The van der Waals surface area contributed by atoms with E-state index in [2.05, 4.69) is 25.3 Å². The third-order valence-electron chi connectivity index (χ3n) is 3.64. The lowest BCUT2D eigenvalue weighted by molar-refractivity contribution is -0.154.